The van der Waals surface area contributed by atoms with Crippen LogP contribution in [-0.2, 0) is 6.54 Å². The van der Waals surface area contributed by atoms with Crippen molar-refractivity contribution in [3.8, 4) is 10.7 Å². The number of pyridine rings is 2. The van der Waals surface area contributed by atoms with Crippen molar-refractivity contribution in [1.82, 2.24) is 9.97 Å². The summed E-state index contributed by atoms with van der Waals surface area (Å²) in [5, 5.41) is 2.26. The van der Waals surface area contributed by atoms with Crippen LogP contribution in [0.2, 0.25) is 0 Å². The Morgan fingerprint density at radius 2 is 2.05 bits per heavy atom. The summed E-state index contributed by atoms with van der Waals surface area (Å²) < 4.78 is 9.26. The Labute approximate surface area is 112 Å². The van der Waals surface area contributed by atoms with Gasteiger partial charge in [-0.1, -0.05) is 11.3 Å². The van der Waals surface area contributed by atoms with Crippen LogP contribution in [0.4, 0.5) is 0 Å². The number of nitrogens with zero attached hydrogens (tertiary/aromatic N) is 3. The number of fused-ring (bicyclic) bond motifs is 7. The van der Waals surface area contributed by atoms with Crippen LogP contribution in [0.25, 0.3) is 32.2 Å². The zero-order valence-corrected chi connectivity index (χ0v) is 10.6. The Hall–Kier alpha value is -2.27. The smallest absolute Gasteiger partial charge is 0.384 e. The predicted octanol–water partition coefficient (Wildman–Crippen LogP) is 2.75. The van der Waals surface area contributed by atoms with Gasteiger partial charge in [0.1, 0.15) is 0 Å². The molecule has 0 amide bonds. The Morgan fingerprint density at radius 3 is 3.05 bits per heavy atom. The topological polar surface area (TPSA) is 42.8 Å². The third kappa shape index (κ3) is 1.11. The average molecular weight is 266 g/mol. The van der Waals surface area contributed by atoms with Crippen molar-refractivity contribution >= 4 is 32.8 Å². The molecule has 0 saturated carbocycles. The Morgan fingerprint density at radius 1 is 1.16 bits per heavy atom. The van der Waals surface area contributed by atoms with Crippen LogP contribution in [0.15, 0.2) is 41.1 Å². The third-order valence-corrected chi connectivity index (χ3v) is 4.72. The molecular weight excluding hydrogens is 258 g/mol. The molecule has 4 aromatic heterocycles. The SMILES string of the molecule is c1cnc2c(c1)C[n+]1c-2sc2c3cccnc3oc21. The fourth-order valence-electron chi connectivity index (χ4n) is 2.67. The summed E-state index contributed by atoms with van der Waals surface area (Å²) in [7, 11) is 0. The van der Waals surface area contributed by atoms with Gasteiger partial charge in [0, 0.05) is 12.4 Å². The van der Waals surface area contributed by atoms with E-state index in [0.717, 1.165) is 28.0 Å². The molecule has 19 heavy (non-hydrogen) atoms. The summed E-state index contributed by atoms with van der Waals surface area (Å²) in [6.45, 7) is 0.832. The van der Waals surface area contributed by atoms with E-state index in [1.54, 1.807) is 17.5 Å². The quantitative estimate of drug-likeness (QED) is 0.405. The maximum Gasteiger partial charge on any atom is 0.395 e. The highest BCUT2D eigenvalue weighted by Gasteiger charge is 2.35. The largest absolute Gasteiger partial charge is 0.395 e. The molecule has 0 radical (unpaired) electrons. The molecule has 0 aliphatic carbocycles. The zero-order chi connectivity index (χ0) is 12.4. The summed E-state index contributed by atoms with van der Waals surface area (Å²) in [5.74, 6) is 0. The first-order chi connectivity index (χ1) is 9.42. The van der Waals surface area contributed by atoms with Crippen LogP contribution in [0.1, 0.15) is 5.56 Å². The highest BCUT2D eigenvalue weighted by Crippen LogP contribution is 2.38. The normalized spacial score (nSPS) is 13.1. The first-order valence-corrected chi connectivity index (χ1v) is 6.87. The lowest BCUT2D eigenvalue weighted by atomic mass is 10.2. The third-order valence-electron chi connectivity index (χ3n) is 3.51. The van der Waals surface area contributed by atoms with Crippen LogP contribution in [0.3, 0.4) is 0 Å². The van der Waals surface area contributed by atoms with Gasteiger partial charge in [0.15, 0.2) is 16.9 Å². The molecule has 0 atom stereocenters. The number of rotatable bonds is 0. The monoisotopic (exact) mass is 266 g/mol. The second kappa shape index (κ2) is 3.19. The van der Waals surface area contributed by atoms with Gasteiger partial charge < -0.3 is 4.42 Å². The number of furan rings is 1. The number of thiazole rings is 1. The van der Waals surface area contributed by atoms with Crippen molar-refractivity contribution in [3.05, 3.63) is 42.2 Å². The molecule has 0 aromatic carbocycles. The summed E-state index contributed by atoms with van der Waals surface area (Å²) in [6, 6.07) is 8.10. The van der Waals surface area contributed by atoms with E-state index in [9.17, 15) is 0 Å². The van der Waals surface area contributed by atoms with Gasteiger partial charge >= 0.3 is 5.71 Å². The zero-order valence-electron chi connectivity index (χ0n) is 9.83. The van der Waals surface area contributed by atoms with Gasteiger partial charge in [0.25, 0.3) is 5.01 Å². The van der Waals surface area contributed by atoms with Gasteiger partial charge in [-0.25, -0.2) is 9.97 Å². The molecule has 0 bridgehead atoms. The van der Waals surface area contributed by atoms with Crippen LogP contribution >= 0.6 is 11.3 Å². The van der Waals surface area contributed by atoms with E-state index in [1.165, 1.54) is 10.6 Å². The lowest BCUT2D eigenvalue weighted by Crippen LogP contribution is -2.29. The van der Waals surface area contributed by atoms with Gasteiger partial charge in [0.05, 0.1) is 10.9 Å². The van der Waals surface area contributed by atoms with E-state index < -0.39 is 0 Å². The number of hydrogen-bond acceptors (Lipinski definition) is 4. The van der Waals surface area contributed by atoms with E-state index in [-0.39, 0.29) is 0 Å². The molecule has 0 fully saturated rings. The van der Waals surface area contributed by atoms with Gasteiger partial charge in [0.2, 0.25) is 5.71 Å². The maximum absolute atomic E-state index is 5.90. The molecule has 90 valence electrons. The molecule has 0 saturated heterocycles. The minimum Gasteiger partial charge on any atom is -0.384 e. The maximum atomic E-state index is 5.90. The summed E-state index contributed by atoms with van der Waals surface area (Å²) in [5.41, 5.74) is 3.95. The van der Waals surface area contributed by atoms with E-state index in [2.05, 4.69) is 26.7 Å². The van der Waals surface area contributed by atoms with E-state index in [1.807, 2.05) is 18.3 Å². The highest BCUT2D eigenvalue weighted by atomic mass is 32.1. The van der Waals surface area contributed by atoms with Crippen molar-refractivity contribution < 1.29 is 8.98 Å². The molecular formula is C14H8N3OS+. The lowest BCUT2D eigenvalue weighted by Gasteiger charge is -1.88. The predicted molar refractivity (Wildman–Crippen MR) is 71.9 cm³/mol. The van der Waals surface area contributed by atoms with Crippen molar-refractivity contribution in [3.63, 3.8) is 0 Å². The van der Waals surface area contributed by atoms with E-state index in [4.69, 9.17) is 4.42 Å². The minimum atomic E-state index is 0.711. The molecule has 5 heteroatoms. The van der Waals surface area contributed by atoms with Crippen LogP contribution in [0, 0.1) is 0 Å². The summed E-state index contributed by atoms with van der Waals surface area (Å²) in [4.78, 5) is 8.76. The minimum absolute atomic E-state index is 0.711. The highest BCUT2D eigenvalue weighted by molar-refractivity contribution is 7.22. The van der Waals surface area contributed by atoms with Crippen LogP contribution in [-0.4, -0.2) is 9.97 Å². The first-order valence-electron chi connectivity index (χ1n) is 6.06. The second-order valence-corrected chi connectivity index (χ2v) is 5.60. The van der Waals surface area contributed by atoms with E-state index in [0.29, 0.717) is 5.71 Å². The molecule has 1 aliphatic heterocycles. The standard InChI is InChI=1S/C14H8N3OS/c1-3-8-7-17-13-11(19-14(17)10(8)15-5-1)9-4-2-6-16-12(9)18-13/h1-6H,7H2/q+1. The molecule has 5 rings (SSSR count). The Balaban J connectivity index is 1.93. The number of hydrogen-bond donors (Lipinski definition) is 0. The van der Waals surface area contributed by atoms with Crippen molar-refractivity contribution in [1.29, 1.82) is 0 Å². The fraction of sp³-hybridized carbons (Fsp3) is 0.0714. The van der Waals surface area contributed by atoms with Gasteiger partial charge in [-0.3, -0.25) is 0 Å². The molecule has 0 N–H and O–H groups in total. The van der Waals surface area contributed by atoms with Gasteiger partial charge in [-0.05, 0) is 24.3 Å². The summed E-state index contributed by atoms with van der Waals surface area (Å²) >= 11 is 1.73. The van der Waals surface area contributed by atoms with E-state index >= 15 is 0 Å². The van der Waals surface area contributed by atoms with Crippen molar-refractivity contribution in [2.24, 2.45) is 0 Å². The average Bonchev–Trinajstić information content (AvgIpc) is 3.07. The Kier molecular flexibility index (Phi) is 1.62. The van der Waals surface area contributed by atoms with Gasteiger partial charge in [-0.15, -0.1) is 4.57 Å². The number of aromatic nitrogens is 3. The van der Waals surface area contributed by atoms with Crippen LogP contribution in [0.5, 0.6) is 0 Å². The van der Waals surface area contributed by atoms with Crippen molar-refractivity contribution in [2.75, 3.05) is 0 Å². The lowest BCUT2D eigenvalue weighted by molar-refractivity contribution is -0.648. The van der Waals surface area contributed by atoms with Gasteiger partial charge in [-0.2, -0.15) is 0 Å². The molecule has 4 nitrogen and oxygen atoms in total. The molecule has 0 spiro atoms. The Bertz CT molecular complexity index is 954. The summed E-state index contributed by atoms with van der Waals surface area (Å²) in [6.07, 6.45) is 3.60. The molecule has 0 unspecified atom stereocenters. The molecule has 4 aromatic rings. The first kappa shape index (κ1) is 9.63. The fourth-order valence-corrected chi connectivity index (χ4v) is 3.90. The van der Waals surface area contributed by atoms with Crippen molar-refractivity contribution in [2.45, 2.75) is 6.54 Å². The molecule has 5 heterocycles. The molecule has 1 aliphatic rings. The van der Waals surface area contributed by atoms with Crippen LogP contribution < -0.4 is 4.57 Å². The second-order valence-electron chi connectivity index (χ2n) is 4.60.